The summed E-state index contributed by atoms with van der Waals surface area (Å²) in [5.41, 5.74) is -0.735. The van der Waals surface area contributed by atoms with E-state index >= 15 is 0 Å². The van der Waals surface area contributed by atoms with Gasteiger partial charge in [-0.2, -0.15) is 0 Å². The highest BCUT2D eigenvalue weighted by Crippen LogP contribution is 2.38. The highest BCUT2D eigenvalue weighted by atomic mass is 19.1. The van der Waals surface area contributed by atoms with E-state index in [0.29, 0.717) is 5.56 Å². The van der Waals surface area contributed by atoms with Crippen LogP contribution >= 0.6 is 0 Å². The molecule has 0 aliphatic carbocycles. The van der Waals surface area contributed by atoms with Crippen molar-refractivity contribution < 1.29 is 23.5 Å². The SMILES string of the molecule is COc1cc(/C(F)=C/B2OC(C)(C)C(C)(C)O2)ccc1O. The van der Waals surface area contributed by atoms with Crippen molar-refractivity contribution in [1.82, 2.24) is 0 Å². The third kappa shape index (κ3) is 3.06. The minimum atomic E-state index is -0.755. The molecular formula is C15H20BFO4. The number of benzene rings is 1. The van der Waals surface area contributed by atoms with Gasteiger partial charge in [-0.25, -0.2) is 4.39 Å². The predicted molar refractivity (Wildman–Crippen MR) is 79.8 cm³/mol. The highest BCUT2D eigenvalue weighted by Gasteiger charge is 2.50. The third-order valence-electron chi connectivity index (χ3n) is 4.01. The fraction of sp³-hybridized carbons (Fsp3) is 0.467. The van der Waals surface area contributed by atoms with Gasteiger partial charge in [-0.1, -0.05) is 0 Å². The van der Waals surface area contributed by atoms with Crippen LogP contribution in [0.25, 0.3) is 5.83 Å². The molecule has 1 aromatic carbocycles. The fourth-order valence-corrected chi connectivity index (χ4v) is 2.00. The van der Waals surface area contributed by atoms with Gasteiger partial charge in [0.15, 0.2) is 11.5 Å². The molecule has 1 aliphatic heterocycles. The molecule has 114 valence electrons. The van der Waals surface area contributed by atoms with Crippen LogP contribution in [0, 0.1) is 0 Å². The molecule has 1 aliphatic rings. The van der Waals surface area contributed by atoms with Crippen LogP contribution in [0.15, 0.2) is 24.2 Å². The summed E-state index contributed by atoms with van der Waals surface area (Å²) in [5.74, 6) is 0.962. The molecule has 0 spiro atoms. The molecular weight excluding hydrogens is 274 g/mol. The van der Waals surface area contributed by atoms with Crippen LogP contribution in [-0.4, -0.2) is 30.5 Å². The quantitative estimate of drug-likeness (QED) is 0.869. The molecule has 0 saturated carbocycles. The first-order valence-electron chi connectivity index (χ1n) is 6.76. The van der Waals surface area contributed by atoms with Crippen LogP contribution in [0.2, 0.25) is 0 Å². The van der Waals surface area contributed by atoms with Crippen molar-refractivity contribution >= 4 is 12.9 Å². The lowest BCUT2D eigenvalue weighted by atomic mass is 9.88. The Balaban J connectivity index is 2.23. The molecule has 1 N–H and O–H groups in total. The van der Waals surface area contributed by atoms with E-state index in [1.54, 1.807) is 0 Å². The van der Waals surface area contributed by atoms with Gasteiger partial charge >= 0.3 is 7.12 Å². The number of methoxy groups -OCH3 is 1. The summed E-state index contributed by atoms with van der Waals surface area (Å²) in [6.07, 6.45) is 0. The molecule has 0 bridgehead atoms. The zero-order valence-corrected chi connectivity index (χ0v) is 12.9. The number of rotatable bonds is 3. The Hall–Kier alpha value is -1.53. The van der Waals surface area contributed by atoms with Crippen molar-refractivity contribution in [2.45, 2.75) is 38.9 Å². The first kappa shape index (κ1) is 15.9. The van der Waals surface area contributed by atoms with Crippen LogP contribution in [0.4, 0.5) is 4.39 Å². The fourth-order valence-electron chi connectivity index (χ4n) is 2.00. The van der Waals surface area contributed by atoms with Gasteiger partial charge in [0.25, 0.3) is 0 Å². The monoisotopic (exact) mass is 294 g/mol. The van der Waals surface area contributed by atoms with Crippen molar-refractivity contribution in [1.29, 1.82) is 0 Å². The Labute approximate surface area is 124 Å². The normalized spacial score (nSPS) is 20.7. The number of halogens is 1. The topological polar surface area (TPSA) is 47.9 Å². The van der Waals surface area contributed by atoms with Crippen molar-refractivity contribution in [3.05, 3.63) is 29.7 Å². The lowest BCUT2D eigenvalue weighted by Gasteiger charge is -2.32. The maximum Gasteiger partial charge on any atom is 0.490 e. The van der Waals surface area contributed by atoms with E-state index in [2.05, 4.69) is 0 Å². The smallest absolute Gasteiger partial charge is 0.490 e. The molecule has 6 heteroatoms. The molecule has 0 atom stereocenters. The Morgan fingerprint density at radius 1 is 1.24 bits per heavy atom. The summed E-state index contributed by atoms with van der Waals surface area (Å²) < 4.78 is 30.7. The van der Waals surface area contributed by atoms with E-state index in [-0.39, 0.29) is 11.5 Å². The van der Waals surface area contributed by atoms with E-state index in [1.165, 1.54) is 31.3 Å². The Morgan fingerprint density at radius 3 is 2.33 bits per heavy atom. The van der Waals surface area contributed by atoms with Crippen LogP contribution in [0.5, 0.6) is 11.5 Å². The molecule has 0 amide bonds. The Bertz CT molecular complexity index is 553. The number of phenols is 1. The van der Waals surface area contributed by atoms with Crippen LogP contribution in [-0.2, 0) is 9.31 Å². The summed E-state index contributed by atoms with van der Waals surface area (Å²) in [6.45, 7) is 7.62. The van der Waals surface area contributed by atoms with Gasteiger partial charge in [-0.15, -0.1) is 0 Å². The molecule has 0 radical (unpaired) electrons. The third-order valence-corrected chi connectivity index (χ3v) is 4.01. The summed E-state index contributed by atoms with van der Waals surface area (Å²) >= 11 is 0. The number of aromatic hydroxyl groups is 1. The predicted octanol–water partition coefficient (Wildman–Crippen LogP) is 3.34. The maximum absolute atomic E-state index is 14.3. The van der Waals surface area contributed by atoms with Gasteiger partial charge in [0.2, 0.25) is 0 Å². The average molecular weight is 294 g/mol. The average Bonchev–Trinajstić information content (AvgIpc) is 2.57. The summed E-state index contributed by atoms with van der Waals surface area (Å²) in [5, 5.41) is 9.52. The molecule has 21 heavy (non-hydrogen) atoms. The van der Waals surface area contributed by atoms with E-state index in [1.807, 2.05) is 27.7 Å². The summed E-state index contributed by atoms with van der Waals surface area (Å²) in [7, 11) is 0.657. The molecule has 0 aromatic heterocycles. The lowest BCUT2D eigenvalue weighted by Crippen LogP contribution is -2.41. The van der Waals surface area contributed by atoms with Gasteiger partial charge in [0.1, 0.15) is 5.83 Å². The molecule has 1 saturated heterocycles. The van der Waals surface area contributed by atoms with Crippen molar-refractivity contribution in [3.8, 4) is 11.5 Å². The molecule has 0 unspecified atom stereocenters. The summed E-state index contributed by atoms with van der Waals surface area (Å²) in [4.78, 5) is 0. The van der Waals surface area contributed by atoms with Crippen molar-refractivity contribution in [2.24, 2.45) is 0 Å². The van der Waals surface area contributed by atoms with Crippen LogP contribution in [0.1, 0.15) is 33.3 Å². The van der Waals surface area contributed by atoms with Gasteiger partial charge in [0.05, 0.1) is 18.3 Å². The second-order valence-electron chi connectivity index (χ2n) is 6.03. The number of ether oxygens (including phenoxy) is 1. The van der Waals surface area contributed by atoms with Gasteiger partial charge in [0, 0.05) is 5.56 Å². The summed E-state index contributed by atoms with van der Waals surface area (Å²) in [6, 6.07) is 4.27. The minimum Gasteiger partial charge on any atom is -0.504 e. The Morgan fingerprint density at radius 2 is 1.81 bits per heavy atom. The van der Waals surface area contributed by atoms with Gasteiger partial charge < -0.3 is 19.2 Å². The second-order valence-corrected chi connectivity index (χ2v) is 6.03. The first-order valence-corrected chi connectivity index (χ1v) is 6.76. The van der Waals surface area contributed by atoms with E-state index in [0.717, 1.165) is 0 Å². The number of hydrogen-bond donors (Lipinski definition) is 1. The minimum absolute atomic E-state index is 0.0373. The molecule has 1 heterocycles. The van der Waals surface area contributed by atoms with Crippen LogP contribution in [0.3, 0.4) is 0 Å². The maximum atomic E-state index is 14.3. The molecule has 1 aromatic rings. The first-order chi connectivity index (χ1) is 9.66. The van der Waals surface area contributed by atoms with Gasteiger partial charge in [-0.05, 0) is 51.9 Å². The molecule has 2 rings (SSSR count). The van der Waals surface area contributed by atoms with Crippen LogP contribution < -0.4 is 4.74 Å². The molecule has 1 fully saturated rings. The lowest BCUT2D eigenvalue weighted by molar-refractivity contribution is 0.00578. The highest BCUT2D eigenvalue weighted by molar-refractivity contribution is 6.53. The number of hydrogen-bond acceptors (Lipinski definition) is 4. The van der Waals surface area contributed by atoms with E-state index < -0.39 is 24.1 Å². The van der Waals surface area contributed by atoms with Crippen molar-refractivity contribution in [3.63, 3.8) is 0 Å². The Kier molecular flexibility index (Phi) is 4.04. The standard InChI is InChI=1S/C15H20BFO4/c1-14(2)15(3,4)21-16(20-14)9-11(17)10-6-7-12(18)13(8-10)19-5/h6-9,18H,1-5H3/b11-9-. The van der Waals surface area contributed by atoms with E-state index in [4.69, 9.17) is 14.0 Å². The molecule has 4 nitrogen and oxygen atoms in total. The number of phenolic OH excluding ortho intramolecular Hbond substituents is 1. The zero-order valence-electron chi connectivity index (χ0n) is 12.9. The van der Waals surface area contributed by atoms with Crippen molar-refractivity contribution in [2.75, 3.05) is 7.11 Å². The largest absolute Gasteiger partial charge is 0.504 e. The van der Waals surface area contributed by atoms with Gasteiger partial charge in [-0.3, -0.25) is 0 Å². The second kappa shape index (κ2) is 5.35. The zero-order chi connectivity index (χ0) is 15.8. The van der Waals surface area contributed by atoms with E-state index in [9.17, 15) is 9.50 Å².